The van der Waals surface area contributed by atoms with Gasteiger partial charge in [0.1, 0.15) is 5.75 Å². The van der Waals surface area contributed by atoms with Gasteiger partial charge in [0.2, 0.25) is 5.95 Å². The lowest BCUT2D eigenvalue weighted by Crippen LogP contribution is -2.51. The summed E-state index contributed by atoms with van der Waals surface area (Å²) >= 11 is 0. The third-order valence-electron chi connectivity index (χ3n) is 7.20. The fraction of sp³-hybridized carbons (Fsp3) is 0.393. The largest absolute Gasteiger partial charge is 0.481 e. The summed E-state index contributed by atoms with van der Waals surface area (Å²) < 4.78 is 29.1. The molecule has 0 amide bonds. The number of nitrogens with zero attached hydrogens (tertiary/aromatic N) is 3. The van der Waals surface area contributed by atoms with E-state index in [1.807, 2.05) is 12.1 Å². The van der Waals surface area contributed by atoms with E-state index in [1.165, 1.54) is 17.7 Å². The van der Waals surface area contributed by atoms with Crippen molar-refractivity contribution in [1.82, 2.24) is 14.9 Å². The maximum absolute atomic E-state index is 12.3. The van der Waals surface area contributed by atoms with Crippen LogP contribution in [0.2, 0.25) is 0 Å². The Morgan fingerprint density at radius 2 is 1.81 bits per heavy atom. The average Bonchev–Trinajstić information content (AvgIpc) is 2.89. The number of benzene rings is 2. The van der Waals surface area contributed by atoms with E-state index in [-0.39, 0.29) is 17.2 Å². The van der Waals surface area contributed by atoms with Gasteiger partial charge in [0.25, 0.3) is 0 Å². The molecule has 1 unspecified atom stereocenters. The van der Waals surface area contributed by atoms with Crippen LogP contribution in [0.15, 0.2) is 60.9 Å². The molecule has 9 heteroatoms. The van der Waals surface area contributed by atoms with Crippen LogP contribution < -0.4 is 10.1 Å². The monoisotopic (exact) mass is 510 g/mol. The van der Waals surface area contributed by atoms with Gasteiger partial charge < -0.3 is 15.2 Å². The van der Waals surface area contributed by atoms with Gasteiger partial charge in [-0.1, -0.05) is 31.2 Å². The molecule has 2 aromatic carbocycles. The Hall–Kier alpha value is -3.59. The van der Waals surface area contributed by atoms with E-state index in [2.05, 4.69) is 50.9 Å². The zero-order chi connectivity index (χ0) is 26.4. The summed E-state index contributed by atoms with van der Waals surface area (Å²) in [7, 11) is 0. The van der Waals surface area contributed by atoms with E-state index in [0.717, 1.165) is 42.7 Å². The molecule has 1 saturated heterocycles. The number of carboxylic acid groups (broad SMARTS) is 1. The maximum Gasteiger partial charge on any atom is 0.387 e. The topological polar surface area (TPSA) is 87.6 Å². The molecule has 2 N–H and O–H groups in total. The van der Waals surface area contributed by atoms with Gasteiger partial charge in [-0.15, -0.1) is 0 Å². The van der Waals surface area contributed by atoms with Crippen molar-refractivity contribution < 1.29 is 23.4 Å². The predicted molar refractivity (Wildman–Crippen MR) is 138 cm³/mol. The molecule has 4 rings (SSSR count). The molecule has 3 aromatic rings. The van der Waals surface area contributed by atoms with Crippen molar-refractivity contribution in [2.75, 3.05) is 18.4 Å². The van der Waals surface area contributed by atoms with Crippen molar-refractivity contribution in [3.8, 4) is 16.9 Å². The fourth-order valence-corrected chi connectivity index (χ4v) is 4.83. The average molecular weight is 511 g/mol. The third-order valence-corrected chi connectivity index (χ3v) is 7.20. The summed E-state index contributed by atoms with van der Waals surface area (Å²) in [6.45, 7) is 3.16. The lowest BCUT2D eigenvalue weighted by Gasteiger charge is -2.44. The number of aliphatic carboxylic acids is 1. The van der Waals surface area contributed by atoms with E-state index >= 15 is 0 Å². The zero-order valence-electron chi connectivity index (χ0n) is 21.0. The molecule has 1 aliphatic rings. The minimum atomic E-state index is -2.86. The molecule has 37 heavy (non-hydrogen) atoms. The van der Waals surface area contributed by atoms with Gasteiger partial charge in [-0.3, -0.25) is 9.69 Å². The Labute approximate surface area is 215 Å². The fourth-order valence-electron chi connectivity index (χ4n) is 4.83. The molecule has 196 valence electrons. The van der Waals surface area contributed by atoms with Crippen LogP contribution in [-0.4, -0.2) is 51.2 Å². The van der Waals surface area contributed by atoms with E-state index in [4.69, 9.17) is 0 Å². The number of anilines is 2. The number of aromatic nitrogens is 2. The molecule has 0 radical (unpaired) electrons. The number of halogens is 2. The van der Waals surface area contributed by atoms with Gasteiger partial charge >= 0.3 is 12.6 Å². The Kier molecular flexibility index (Phi) is 8.33. The summed E-state index contributed by atoms with van der Waals surface area (Å²) in [6.07, 6.45) is 6.54. The van der Waals surface area contributed by atoms with Crippen molar-refractivity contribution in [1.29, 1.82) is 0 Å². The minimum absolute atomic E-state index is 0.0594. The number of ether oxygens (including phenoxy) is 1. The quantitative estimate of drug-likeness (QED) is 0.346. The second kappa shape index (κ2) is 11.6. The van der Waals surface area contributed by atoms with Crippen LogP contribution in [0.4, 0.5) is 20.4 Å². The molecule has 0 aliphatic carbocycles. The number of likely N-dealkylation sites (tertiary alicyclic amines) is 1. The Balaban J connectivity index is 1.39. The number of carbonyl (C=O) groups is 1. The van der Waals surface area contributed by atoms with E-state index < -0.39 is 12.6 Å². The molecule has 1 aliphatic heterocycles. The van der Waals surface area contributed by atoms with Gasteiger partial charge in [0.15, 0.2) is 0 Å². The molecule has 1 atom stereocenters. The number of rotatable bonds is 10. The van der Waals surface area contributed by atoms with Crippen molar-refractivity contribution in [3.05, 3.63) is 66.5 Å². The Morgan fingerprint density at radius 3 is 2.41 bits per heavy atom. The maximum atomic E-state index is 12.3. The predicted octanol–water partition coefficient (Wildman–Crippen LogP) is 6.00. The van der Waals surface area contributed by atoms with Crippen LogP contribution in [0.1, 0.15) is 38.7 Å². The Morgan fingerprint density at radius 1 is 1.14 bits per heavy atom. The van der Waals surface area contributed by atoms with Gasteiger partial charge in [0.05, 0.1) is 5.92 Å². The second-order valence-electron chi connectivity index (χ2n) is 9.65. The first kappa shape index (κ1) is 26.5. The SMILES string of the molecule is CCC(C)(Cc1cccc(Nc2ncc(-c3ccc(OC(F)F)cc3)cn2)c1)N1CCC(C(=O)O)CC1. The lowest BCUT2D eigenvalue weighted by atomic mass is 9.85. The molecule has 7 nitrogen and oxygen atoms in total. The molecular weight excluding hydrogens is 478 g/mol. The molecule has 2 heterocycles. The molecule has 1 aromatic heterocycles. The zero-order valence-corrected chi connectivity index (χ0v) is 21.0. The van der Waals surface area contributed by atoms with Gasteiger partial charge in [0, 0.05) is 29.2 Å². The number of alkyl halides is 2. The van der Waals surface area contributed by atoms with Crippen LogP contribution in [0.25, 0.3) is 11.1 Å². The number of piperidine rings is 1. The van der Waals surface area contributed by atoms with Gasteiger partial charge in [-0.05, 0) is 81.1 Å². The van der Waals surface area contributed by atoms with Crippen LogP contribution in [0.5, 0.6) is 5.75 Å². The second-order valence-corrected chi connectivity index (χ2v) is 9.65. The smallest absolute Gasteiger partial charge is 0.387 e. The van der Waals surface area contributed by atoms with Crippen molar-refractivity contribution in [2.45, 2.75) is 51.7 Å². The summed E-state index contributed by atoms with van der Waals surface area (Å²) in [6, 6.07) is 14.5. The van der Waals surface area contributed by atoms with Crippen LogP contribution >= 0.6 is 0 Å². The Bertz CT molecular complexity index is 1180. The van der Waals surface area contributed by atoms with Crippen LogP contribution in [-0.2, 0) is 11.2 Å². The summed E-state index contributed by atoms with van der Waals surface area (Å²) in [5.74, 6) is -0.381. The lowest BCUT2D eigenvalue weighted by molar-refractivity contribution is -0.143. The molecule has 0 saturated carbocycles. The first-order valence-corrected chi connectivity index (χ1v) is 12.5. The minimum Gasteiger partial charge on any atom is -0.481 e. The van der Waals surface area contributed by atoms with Crippen LogP contribution in [0, 0.1) is 5.92 Å². The molecular formula is C28H32F2N4O3. The number of hydrogen-bond donors (Lipinski definition) is 2. The summed E-state index contributed by atoms with van der Waals surface area (Å²) in [4.78, 5) is 22.6. The van der Waals surface area contributed by atoms with Crippen molar-refractivity contribution in [2.24, 2.45) is 5.92 Å². The first-order chi connectivity index (χ1) is 17.8. The first-order valence-electron chi connectivity index (χ1n) is 12.5. The van der Waals surface area contributed by atoms with Gasteiger partial charge in [-0.2, -0.15) is 8.78 Å². The third kappa shape index (κ3) is 6.80. The highest BCUT2D eigenvalue weighted by molar-refractivity contribution is 5.70. The van der Waals surface area contributed by atoms with Crippen LogP contribution in [0.3, 0.4) is 0 Å². The van der Waals surface area contributed by atoms with E-state index in [9.17, 15) is 18.7 Å². The highest BCUT2D eigenvalue weighted by Crippen LogP contribution is 2.31. The number of nitrogens with one attached hydrogen (secondary N) is 1. The molecule has 0 spiro atoms. The highest BCUT2D eigenvalue weighted by atomic mass is 19.3. The number of carboxylic acids is 1. The normalized spacial score (nSPS) is 16.4. The van der Waals surface area contributed by atoms with E-state index in [0.29, 0.717) is 18.8 Å². The van der Waals surface area contributed by atoms with Gasteiger partial charge in [-0.25, -0.2) is 9.97 Å². The highest BCUT2D eigenvalue weighted by Gasteiger charge is 2.35. The summed E-state index contributed by atoms with van der Waals surface area (Å²) in [5.41, 5.74) is 3.55. The van der Waals surface area contributed by atoms with E-state index in [1.54, 1.807) is 24.5 Å². The molecule has 1 fully saturated rings. The molecule has 0 bridgehead atoms. The number of hydrogen-bond acceptors (Lipinski definition) is 6. The van der Waals surface area contributed by atoms with Crippen molar-refractivity contribution in [3.63, 3.8) is 0 Å². The summed E-state index contributed by atoms with van der Waals surface area (Å²) in [5, 5.41) is 12.6. The standard InChI is InChI=1S/C28H32F2N4O3/c1-3-28(2,34-13-11-21(12-14-34)25(35)36)16-19-5-4-6-23(15-19)33-27-31-17-22(18-32-27)20-7-9-24(10-8-20)37-26(29)30/h4-10,15,17-18,21,26H,3,11-14,16H2,1-2H3,(H,35,36)(H,31,32,33). The van der Waals surface area contributed by atoms with Crippen molar-refractivity contribution >= 4 is 17.6 Å².